The topological polar surface area (TPSA) is 48.0 Å². The fourth-order valence-electron chi connectivity index (χ4n) is 2.00. The Morgan fingerprint density at radius 3 is 1.68 bits per heavy atom. The van der Waals surface area contributed by atoms with Gasteiger partial charge in [-0.3, -0.25) is 4.57 Å². The van der Waals surface area contributed by atoms with Crippen molar-refractivity contribution < 1.29 is 48.0 Å². The molecule has 0 radical (unpaired) electrons. The second-order valence-corrected chi connectivity index (χ2v) is 8.80. The van der Waals surface area contributed by atoms with E-state index in [4.69, 9.17) is 13.9 Å². The first kappa shape index (κ1) is 25.3. The van der Waals surface area contributed by atoms with E-state index in [9.17, 15) is 4.57 Å². The fraction of sp³-hybridized carbons (Fsp3) is 0.933. The molecule has 128 valence electrons. The second-order valence-electron chi connectivity index (χ2n) is 6.61. The van der Waals surface area contributed by atoms with Gasteiger partial charge in [-0.25, -0.2) is 0 Å². The van der Waals surface area contributed by atoms with Crippen LogP contribution < -0.4 is 29.6 Å². The van der Waals surface area contributed by atoms with Crippen LogP contribution in [0, 0.1) is 6.92 Å². The van der Waals surface area contributed by atoms with Crippen molar-refractivity contribution in [3.8, 4) is 0 Å². The smallest absolute Gasteiger partial charge is 0.324 e. The molecule has 0 aromatic heterocycles. The van der Waals surface area contributed by atoms with Crippen LogP contribution in [0.4, 0.5) is 0 Å². The number of hydrogen-bond acceptors (Lipinski definition) is 5. The third kappa shape index (κ3) is 8.25. The molecule has 7 heteroatoms. The maximum Gasteiger partial charge on any atom is 1.00 e. The van der Waals surface area contributed by atoms with Gasteiger partial charge in [-0.2, -0.15) is 5.06 Å². The second kappa shape index (κ2) is 10.1. The fourth-order valence-corrected chi connectivity index (χ4v) is 4.23. The molecular formula is C15H33NNaO4P. The van der Waals surface area contributed by atoms with Crippen LogP contribution in [0.25, 0.3) is 0 Å². The van der Waals surface area contributed by atoms with Crippen LogP contribution in [0.1, 0.15) is 61.8 Å². The Morgan fingerprint density at radius 1 is 1.05 bits per heavy atom. The predicted octanol–water partition coefficient (Wildman–Crippen LogP) is 1.64. The molecule has 0 aromatic rings. The minimum atomic E-state index is -3.29. The van der Waals surface area contributed by atoms with Crippen molar-refractivity contribution in [2.75, 3.05) is 13.2 Å². The number of nitrogens with zero attached hydrogens (tertiary/aromatic N) is 1. The Bertz CT molecular complexity index is 342. The summed E-state index contributed by atoms with van der Waals surface area (Å²) in [6, 6.07) is 0. The van der Waals surface area contributed by atoms with E-state index in [1.807, 2.05) is 55.4 Å². The van der Waals surface area contributed by atoms with Crippen LogP contribution in [0.15, 0.2) is 0 Å². The zero-order chi connectivity index (χ0) is 16.9. The molecule has 0 amide bonds. The molecule has 22 heavy (non-hydrogen) atoms. The molecule has 0 aliphatic heterocycles. The summed E-state index contributed by atoms with van der Waals surface area (Å²) in [5.74, 6) is -0.474. The van der Waals surface area contributed by atoms with Gasteiger partial charge in [-0.05, 0) is 46.6 Å². The van der Waals surface area contributed by atoms with Crippen molar-refractivity contribution in [1.29, 1.82) is 0 Å². The van der Waals surface area contributed by atoms with Crippen molar-refractivity contribution in [2.24, 2.45) is 0 Å². The third-order valence-corrected chi connectivity index (χ3v) is 5.17. The van der Waals surface area contributed by atoms with E-state index < -0.39 is 19.0 Å². The molecule has 0 N–H and O–H groups in total. The summed E-state index contributed by atoms with van der Waals surface area (Å²) < 4.78 is 24.1. The van der Waals surface area contributed by atoms with E-state index in [1.54, 1.807) is 5.06 Å². The van der Waals surface area contributed by atoms with Gasteiger partial charge < -0.3 is 20.8 Å². The summed E-state index contributed by atoms with van der Waals surface area (Å²) in [5.41, 5.74) is -0.997. The molecular weight excluding hydrogens is 312 g/mol. The Balaban J connectivity index is 0. The molecule has 0 bridgehead atoms. The quantitative estimate of drug-likeness (QED) is 0.275. The molecule has 1 unspecified atom stereocenters. The summed E-state index contributed by atoms with van der Waals surface area (Å²) in [6.45, 7) is 20.0. The molecule has 1 atom stereocenters. The Morgan fingerprint density at radius 2 is 1.45 bits per heavy atom. The maximum absolute atomic E-state index is 13.1. The molecule has 0 aromatic carbocycles. The molecule has 0 fully saturated rings. The van der Waals surface area contributed by atoms with Gasteiger partial charge in [0.15, 0.2) is 0 Å². The first-order chi connectivity index (χ1) is 9.41. The van der Waals surface area contributed by atoms with E-state index in [0.29, 0.717) is 19.6 Å². The Hall–Kier alpha value is 1.07. The molecule has 0 aliphatic rings. The van der Waals surface area contributed by atoms with E-state index in [1.165, 1.54) is 0 Å². The Labute approximate surface area is 159 Å². The number of hydroxylamine groups is 2. The van der Waals surface area contributed by atoms with Gasteiger partial charge in [-0.1, -0.05) is 20.8 Å². The third-order valence-electron chi connectivity index (χ3n) is 2.63. The van der Waals surface area contributed by atoms with Crippen LogP contribution in [0.5, 0.6) is 0 Å². The average molecular weight is 345 g/mol. The molecule has 0 spiro atoms. The van der Waals surface area contributed by atoms with E-state index in [0.717, 1.165) is 0 Å². The van der Waals surface area contributed by atoms with Crippen LogP contribution in [-0.2, 0) is 18.5 Å². The van der Waals surface area contributed by atoms with Crippen molar-refractivity contribution in [3.05, 3.63) is 6.92 Å². The van der Waals surface area contributed by atoms with E-state index in [-0.39, 0.29) is 35.1 Å². The number of rotatable bonds is 9. The molecule has 0 heterocycles. The monoisotopic (exact) mass is 345 g/mol. The van der Waals surface area contributed by atoms with Crippen molar-refractivity contribution in [1.82, 2.24) is 5.06 Å². The predicted molar refractivity (Wildman–Crippen MR) is 87.1 cm³/mol. The molecule has 0 aliphatic carbocycles. The van der Waals surface area contributed by atoms with Crippen LogP contribution in [0.2, 0.25) is 0 Å². The average Bonchev–Trinajstić information content (AvgIpc) is 2.26. The zero-order valence-electron chi connectivity index (χ0n) is 15.9. The van der Waals surface area contributed by atoms with Crippen LogP contribution >= 0.6 is 7.60 Å². The van der Waals surface area contributed by atoms with Crippen molar-refractivity contribution in [2.45, 2.75) is 78.7 Å². The van der Waals surface area contributed by atoms with Crippen LogP contribution in [-0.4, -0.2) is 35.2 Å². The summed E-state index contributed by atoms with van der Waals surface area (Å²) in [4.78, 5) is 5.98. The maximum atomic E-state index is 13.1. The zero-order valence-corrected chi connectivity index (χ0v) is 18.8. The standard InChI is InChI=1S/C15H33NO4P.Na/c1-10-13(21(17,18-11-2)19-12-3)16(14(4,5)6)20-15(7,8)9;/h13H,7,10-12H2,1-6,8-9H3;/q-1;+1. The summed E-state index contributed by atoms with van der Waals surface area (Å²) in [6.07, 6.45) is 0.588. The van der Waals surface area contributed by atoms with Crippen molar-refractivity contribution in [3.63, 3.8) is 0 Å². The molecule has 5 nitrogen and oxygen atoms in total. The molecule has 0 saturated heterocycles. The van der Waals surface area contributed by atoms with Gasteiger partial charge in [0.2, 0.25) is 0 Å². The van der Waals surface area contributed by atoms with Gasteiger partial charge >= 0.3 is 37.2 Å². The van der Waals surface area contributed by atoms with Gasteiger partial charge in [0.25, 0.3) is 0 Å². The van der Waals surface area contributed by atoms with Gasteiger partial charge in [0, 0.05) is 5.54 Å². The van der Waals surface area contributed by atoms with Crippen molar-refractivity contribution >= 4 is 7.60 Å². The number of hydrogen-bond donors (Lipinski definition) is 0. The first-order valence-electron chi connectivity index (χ1n) is 7.63. The summed E-state index contributed by atoms with van der Waals surface area (Å²) in [5, 5.41) is 1.73. The minimum absolute atomic E-state index is 0. The Kier molecular flexibility index (Phi) is 11.7. The van der Waals surface area contributed by atoms with Gasteiger partial charge in [-0.15, -0.1) is 0 Å². The van der Waals surface area contributed by atoms with Gasteiger partial charge in [0.05, 0.1) is 13.2 Å². The first-order valence-corrected chi connectivity index (χ1v) is 9.25. The summed E-state index contributed by atoms with van der Waals surface area (Å²) >= 11 is 0. The minimum Gasteiger partial charge on any atom is -0.324 e. The normalized spacial score (nSPS) is 14.8. The largest absolute Gasteiger partial charge is 1.00 e. The van der Waals surface area contributed by atoms with Crippen LogP contribution in [0.3, 0.4) is 0 Å². The summed E-state index contributed by atoms with van der Waals surface area (Å²) in [7, 11) is -3.29. The van der Waals surface area contributed by atoms with E-state index >= 15 is 0 Å². The molecule has 0 saturated carbocycles. The van der Waals surface area contributed by atoms with Gasteiger partial charge in [0.1, 0.15) is 5.78 Å². The SMILES string of the molecule is [CH2-]C(C)(C)ON(C(CC)P(=O)(OCC)OCC)C(C)(C)C.[Na+]. The molecule has 0 rings (SSSR count). The van der Waals surface area contributed by atoms with E-state index in [2.05, 4.69) is 6.92 Å².